The molecular weight excluding hydrogens is 479 g/mol. The molecule has 1 aliphatic carbocycles. The summed E-state index contributed by atoms with van der Waals surface area (Å²) in [7, 11) is -3.96. The number of imidazole rings is 1. The molecule has 180 valence electrons. The summed E-state index contributed by atoms with van der Waals surface area (Å²) in [5.74, 6) is -0.768. The quantitative estimate of drug-likeness (QED) is 0.161. The number of aromatic nitrogens is 4. The van der Waals surface area contributed by atoms with Crippen molar-refractivity contribution in [1.29, 1.82) is 0 Å². The maximum Gasteiger partial charge on any atom is 0.459 e. The van der Waals surface area contributed by atoms with Crippen LogP contribution in [-0.4, -0.2) is 49.5 Å². The van der Waals surface area contributed by atoms with Gasteiger partial charge in [-0.1, -0.05) is 30.4 Å². The molecule has 0 fully saturated rings. The monoisotopic (exact) mass is 504 g/mol. The number of benzene rings is 1. The number of nitrogens with one attached hydrogen (secondary N) is 1. The molecule has 0 spiro atoms. The first-order chi connectivity index (χ1) is 16.3. The fourth-order valence-electron chi connectivity index (χ4n) is 3.57. The number of thioether (sulfide) groups is 1. The van der Waals surface area contributed by atoms with Crippen molar-refractivity contribution in [2.24, 2.45) is 5.92 Å². The standard InChI is InChI=1S/C21H25N6O5PS/c1-13(20(28)29)26-33(30,32-16-6-4-3-5-7-16)31-11-14-8-9-15(10-14)27-12-23-17-18(27)24-21(22)25-19(17)34-2/h3-9,12-15H,10-11H2,1-2H3,(H,26,30)(H,28,29)(H2,22,24,25)/t13-,14+,15-,33?/m0/s1. The van der Waals surface area contributed by atoms with Gasteiger partial charge in [-0.15, -0.1) is 11.8 Å². The molecule has 1 aromatic carbocycles. The van der Waals surface area contributed by atoms with Crippen molar-refractivity contribution in [3.63, 3.8) is 0 Å². The van der Waals surface area contributed by atoms with E-state index in [9.17, 15) is 14.5 Å². The number of rotatable bonds is 10. The lowest BCUT2D eigenvalue weighted by Crippen LogP contribution is -2.33. The summed E-state index contributed by atoms with van der Waals surface area (Å²) in [6.07, 6.45) is 8.21. The first-order valence-corrected chi connectivity index (χ1v) is 13.3. The van der Waals surface area contributed by atoms with Crippen LogP contribution in [-0.2, 0) is 13.9 Å². The van der Waals surface area contributed by atoms with Gasteiger partial charge in [0.05, 0.1) is 19.0 Å². The van der Waals surface area contributed by atoms with Crippen LogP contribution in [0.4, 0.5) is 5.95 Å². The number of hydrogen-bond acceptors (Lipinski definition) is 9. The average molecular weight is 505 g/mol. The molecule has 0 aliphatic heterocycles. The lowest BCUT2D eigenvalue weighted by atomic mass is 10.1. The lowest BCUT2D eigenvalue weighted by Gasteiger charge is -2.23. The van der Waals surface area contributed by atoms with E-state index in [1.165, 1.54) is 18.7 Å². The summed E-state index contributed by atoms with van der Waals surface area (Å²) in [5, 5.41) is 12.4. The molecule has 0 radical (unpaired) electrons. The van der Waals surface area contributed by atoms with Crippen molar-refractivity contribution in [2.75, 3.05) is 18.6 Å². The van der Waals surface area contributed by atoms with Crippen molar-refractivity contribution in [1.82, 2.24) is 24.6 Å². The zero-order valence-electron chi connectivity index (χ0n) is 18.6. The van der Waals surface area contributed by atoms with Crippen LogP contribution in [0, 0.1) is 5.92 Å². The molecule has 0 bridgehead atoms. The molecule has 2 aromatic heterocycles. The number of nitrogen functional groups attached to an aromatic ring is 1. The van der Waals surface area contributed by atoms with Crippen molar-refractivity contribution < 1.29 is 23.5 Å². The van der Waals surface area contributed by atoms with Gasteiger partial charge in [0.25, 0.3) is 0 Å². The Morgan fingerprint density at radius 3 is 2.82 bits per heavy atom. The summed E-state index contributed by atoms with van der Waals surface area (Å²) < 4.78 is 26.5. The number of anilines is 1. The zero-order chi connectivity index (χ0) is 24.3. The van der Waals surface area contributed by atoms with Crippen molar-refractivity contribution in [3.05, 3.63) is 48.8 Å². The van der Waals surface area contributed by atoms with E-state index in [2.05, 4.69) is 20.0 Å². The molecule has 0 saturated carbocycles. The topological polar surface area (TPSA) is 154 Å². The maximum atomic E-state index is 13.4. The minimum atomic E-state index is -3.96. The fraction of sp³-hybridized carbons (Fsp3) is 0.333. The third-order valence-electron chi connectivity index (χ3n) is 5.26. The Hall–Kier alpha value is -2.92. The molecule has 3 aromatic rings. The van der Waals surface area contributed by atoms with Gasteiger partial charge in [-0.3, -0.25) is 9.32 Å². The zero-order valence-corrected chi connectivity index (χ0v) is 20.3. The third kappa shape index (κ3) is 5.41. The largest absolute Gasteiger partial charge is 0.480 e. The number of carboxylic acids is 1. The molecule has 4 N–H and O–H groups in total. The normalized spacial score (nSPS) is 20.3. The van der Waals surface area contributed by atoms with E-state index in [1.54, 1.807) is 36.7 Å². The first kappa shape index (κ1) is 24.2. The Morgan fingerprint density at radius 2 is 2.12 bits per heavy atom. The number of fused-ring (bicyclic) bond motifs is 1. The van der Waals surface area contributed by atoms with Crippen LogP contribution < -0.4 is 15.3 Å². The molecule has 4 atom stereocenters. The minimum absolute atomic E-state index is 0.0528. The van der Waals surface area contributed by atoms with Crippen LogP contribution in [0.25, 0.3) is 11.2 Å². The molecule has 2 heterocycles. The number of carbonyl (C=O) groups is 1. The van der Waals surface area contributed by atoms with Crippen LogP contribution in [0.2, 0.25) is 0 Å². The Labute approximate surface area is 200 Å². The Bertz CT molecular complexity index is 1250. The summed E-state index contributed by atoms with van der Waals surface area (Å²) in [5.41, 5.74) is 7.19. The molecule has 4 rings (SSSR count). The molecule has 13 heteroatoms. The number of aliphatic carboxylic acids is 1. The van der Waals surface area contributed by atoms with Gasteiger partial charge in [-0.2, -0.15) is 10.1 Å². The molecule has 1 unspecified atom stereocenters. The van der Waals surface area contributed by atoms with E-state index < -0.39 is 19.8 Å². The van der Waals surface area contributed by atoms with E-state index in [0.29, 0.717) is 28.4 Å². The SMILES string of the molecule is CSc1nc(N)nc2c1ncn2[C@H]1C=C[C@@H](COP(=O)(N[C@@H](C)C(=O)O)Oc2ccccc2)C1. The van der Waals surface area contributed by atoms with Gasteiger partial charge in [0.1, 0.15) is 22.3 Å². The van der Waals surface area contributed by atoms with Gasteiger partial charge in [-0.05, 0) is 31.7 Å². The summed E-state index contributed by atoms with van der Waals surface area (Å²) in [4.78, 5) is 24.3. The van der Waals surface area contributed by atoms with Gasteiger partial charge in [0, 0.05) is 5.92 Å². The number of nitrogens with two attached hydrogens (primary N) is 1. The highest BCUT2D eigenvalue weighted by Gasteiger charge is 2.33. The molecule has 0 saturated heterocycles. The molecule has 34 heavy (non-hydrogen) atoms. The lowest BCUT2D eigenvalue weighted by molar-refractivity contribution is -0.138. The van der Waals surface area contributed by atoms with Gasteiger partial charge in [0.2, 0.25) is 5.95 Å². The van der Waals surface area contributed by atoms with Gasteiger partial charge in [0.15, 0.2) is 5.65 Å². The van der Waals surface area contributed by atoms with E-state index in [-0.39, 0.29) is 24.5 Å². The minimum Gasteiger partial charge on any atom is -0.480 e. The molecule has 0 amide bonds. The van der Waals surface area contributed by atoms with Crippen LogP contribution >= 0.6 is 19.5 Å². The number of allylic oxidation sites excluding steroid dienone is 1. The highest BCUT2D eigenvalue weighted by molar-refractivity contribution is 7.98. The van der Waals surface area contributed by atoms with Crippen LogP contribution in [0.15, 0.2) is 53.8 Å². The predicted molar refractivity (Wildman–Crippen MR) is 129 cm³/mol. The van der Waals surface area contributed by atoms with E-state index in [1.807, 2.05) is 23.0 Å². The van der Waals surface area contributed by atoms with Crippen molar-refractivity contribution in [2.45, 2.75) is 30.5 Å². The number of nitrogens with zero attached hydrogens (tertiary/aromatic N) is 4. The number of carboxylic acid groups (broad SMARTS) is 1. The summed E-state index contributed by atoms with van der Waals surface area (Å²) in [6, 6.07) is 7.29. The van der Waals surface area contributed by atoms with Gasteiger partial charge in [-0.25, -0.2) is 14.5 Å². The van der Waals surface area contributed by atoms with Crippen LogP contribution in [0.1, 0.15) is 19.4 Å². The van der Waals surface area contributed by atoms with Crippen molar-refractivity contribution in [3.8, 4) is 5.75 Å². The Kier molecular flexibility index (Phi) is 7.22. The van der Waals surface area contributed by atoms with E-state index >= 15 is 0 Å². The highest BCUT2D eigenvalue weighted by atomic mass is 32.2. The van der Waals surface area contributed by atoms with Crippen LogP contribution in [0.3, 0.4) is 0 Å². The molecule has 11 nitrogen and oxygen atoms in total. The smallest absolute Gasteiger partial charge is 0.459 e. The van der Waals surface area contributed by atoms with E-state index in [4.69, 9.17) is 14.8 Å². The van der Waals surface area contributed by atoms with Crippen molar-refractivity contribution >= 4 is 42.6 Å². The Morgan fingerprint density at radius 1 is 1.35 bits per heavy atom. The maximum absolute atomic E-state index is 13.4. The second-order valence-corrected chi connectivity index (χ2v) is 10.2. The summed E-state index contributed by atoms with van der Waals surface area (Å²) >= 11 is 1.45. The second-order valence-electron chi connectivity index (χ2n) is 7.75. The molecular formula is C21H25N6O5PS. The second kappa shape index (κ2) is 10.1. The first-order valence-electron chi connectivity index (χ1n) is 10.5. The van der Waals surface area contributed by atoms with E-state index in [0.717, 1.165) is 0 Å². The Balaban J connectivity index is 1.46. The third-order valence-corrected chi connectivity index (χ3v) is 7.57. The van der Waals surface area contributed by atoms with Gasteiger partial charge < -0.3 is 19.9 Å². The van der Waals surface area contributed by atoms with Gasteiger partial charge >= 0.3 is 13.7 Å². The number of hydrogen-bond donors (Lipinski definition) is 3. The number of para-hydroxylation sites is 1. The highest BCUT2D eigenvalue weighted by Crippen LogP contribution is 2.46. The molecule has 1 aliphatic rings. The average Bonchev–Trinajstić information content (AvgIpc) is 3.44. The fourth-order valence-corrected chi connectivity index (χ4v) is 5.64. The van der Waals surface area contributed by atoms with Crippen LogP contribution in [0.5, 0.6) is 5.75 Å². The summed E-state index contributed by atoms with van der Waals surface area (Å²) in [6.45, 7) is 1.44. The predicted octanol–water partition coefficient (Wildman–Crippen LogP) is 3.51.